The monoisotopic (exact) mass is 498 g/mol. The first-order chi connectivity index (χ1) is 10.6. The normalized spacial score (nSPS) is 12.1. The van der Waals surface area contributed by atoms with E-state index in [0.29, 0.717) is 0 Å². The molecule has 0 fully saturated rings. The van der Waals surface area contributed by atoms with Gasteiger partial charge in [-0.15, -0.1) is 0 Å². The Labute approximate surface area is 188 Å². The van der Waals surface area contributed by atoms with Crippen LogP contribution in [0.2, 0.25) is 0 Å². The van der Waals surface area contributed by atoms with Crippen molar-refractivity contribution in [3.05, 3.63) is 29.3 Å². The number of benzene rings is 1. The maximum absolute atomic E-state index is 12.1. The van der Waals surface area contributed by atoms with E-state index in [1.165, 1.54) is 0 Å². The summed E-state index contributed by atoms with van der Waals surface area (Å²) in [6.45, 7) is 9.87. The zero-order valence-corrected chi connectivity index (χ0v) is 15.4. The van der Waals surface area contributed by atoms with E-state index in [2.05, 4.69) is 0 Å². The van der Waals surface area contributed by atoms with Gasteiger partial charge in [-0.3, -0.25) is 4.55 Å². The summed E-state index contributed by atoms with van der Waals surface area (Å²) in [4.78, 5) is 23.7. The van der Waals surface area contributed by atoms with E-state index in [9.17, 15) is 22.6 Å². The van der Waals surface area contributed by atoms with E-state index in [1.54, 1.807) is 41.5 Å². The third-order valence-corrected chi connectivity index (χ3v) is 3.30. The second-order valence-corrected chi connectivity index (χ2v) is 8.65. The van der Waals surface area contributed by atoms with Crippen LogP contribution < -0.4 is 0 Å². The molecule has 25 heavy (non-hydrogen) atoms. The quantitative estimate of drug-likeness (QED) is 0.386. The van der Waals surface area contributed by atoms with Gasteiger partial charge in [-0.1, -0.05) is 0 Å². The van der Waals surface area contributed by atoms with E-state index >= 15 is 0 Å². The van der Waals surface area contributed by atoms with E-state index in [0.717, 1.165) is 18.2 Å². The zero-order valence-electron chi connectivity index (χ0n) is 14.5. The van der Waals surface area contributed by atoms with Crippen LogP contribution in [0, 0.1) is 0 Å². The third kappa shape index (κ3) is 8.72. The molecule has 1 N–H and O–H groups in total. The van der Waals surface area contributed by atoms with Crippen molar-refractivity contribution in [2.24, 2.45) is 0 Å². The Morgan fingerprint density at radius 1 is 0.840 bits per heavy atom. The Hall–Kier alpha value is -0.359. The van der Waals surface area contributed by atoms with Gasteiger partial charge < -0.3 is 9.47 Å². The first-order valence-electron chi connectivity index (χ1n) is 7.18. The summed E-state index contributed by atoms with van der Waals surface area (Å²) >= 11 is 0. The Bertz CT molecular complexity index is 709. The number of rotatable bonds is 3. The molecule has 0 amide bonds. The van der Waals surface area contributed by atoms with Gasteiger partial charge in [0.1, 0.15) is 11.2 Å². The summed E-state index contributed by atoms with van der Waals surface area (Å²) in [6.07, 6.45) is 0. The standard InChI is InChI=1S/C16H22O7S.Ba.2H/c1-15(2,3)22-13(17)10-7-11(14(18)23-16(4,5)6)9-12(8-10)24(19,20)21;;;/h7-9H,1-6H3,(H,19,20,21);;;. The second-order valence-electron chi connectivity index (χ2n) is 7.22. The molecule has 0 aliphatic rings. The number of carbonyl (C=O) groups is 2. The molecule has 1 aromatic carbocycles. The van der Waals surface area contributed by atoms with Crippen molar-refractivity contribution < 1.29 is 32.0 Å². The van der Waals surface area contributed by atoms with Crippen LogP contribution in [0.4, 0.5) is 0 Å². The van der Waals surface area contributed by atoms with Crippen molar-refractivity contribution in [2.75, 3.05) is 0 Å². The van der Waals surface area contributed by atoms with E-state index in [-0.39, 0.29) is 60.0 Å². The van der Waals surface area contributed by atoms with Crippen LogP contribution in [-0.2, 0) is 19.6 Å². The van der Waals surface area contributed by atoms with Crippen molar-refractivity contribution in [1.82, 2.24) is 0 Å². The van der Waals surface area contributed by atoms with Gasteiger partial charge in [-0.2, -0.15) is 8.42 Å². The molecule has 0 unspecified atom stereocenters. The van der Waals surface area contributed by atoms with Crippen molar-refractivity contribution in [3.8, 4) is 0 Å². The molecule has 0 atom stereocenters. The summed E-state index contributed by atoms with van der Waals surface area (Å²) in [6, 6.07) is 3.05. The van der Waals surface area contributed by atoms with Gasteiger partial charge in [0.15, 0.2) is 0 Å². The van der Waals surface area contributed by atoms with Gasteiger partial charge in [-0.05, 0) is 59.7 Å². The van der Waals surface area contributed by atoms with E-state index < -0.39 is 38.2 Å². The molecular weight excluding hydrogens is 474 g/mol. The van der Waals surface area contributed by atoms with Gasteiger partial charge in [0.05, 0.1) is 16.0 Å². The van der Waals surface area contributed by atoms with Crippen LogP contribution in [0.3, 0.4) is 0 Å². The first kappa shape index (κ1) is 24.6. The predicted molar refractivity (Wildman–Crippen MR) is 95.1 cm³/mol. The number of hydrogen-bond acceptors (Lipinski definition) is 6. The molecular formula is C16H24BaO7S. The molecule has 7 nitrogen and oxygen atoms in total. The third-order valence-electron chi connectivity index (χ3n) is 2.47. The van der Waals surface area contributed by atoms with Gasteiger partial charge >= 0.3 is 60.8 Å². The summed E-state index contributed by atoms with van der Waals surface area (Å²) in [5, 5.41) is 0. The molecule has 0 saturated heterocycles. The second kappa shape index (κ2) is 8.55. The van der Waals surface area contributed by atoms with Crippen molar-refractivity contribution in [3.63, 3.8) is 0 Å². The predicted octanol–water partition coefficient (Wildman–Crippen LogP) is 1.93. The summed E-state index contributed by atoms with van der Waals surface area (Å²) in [5.74, 6) is -1.64. The molecule has 0 bridgehead atoms. The van der Waals surface area contributed by atoms with Crippen LogP contribution in [0.25, 0.3) is 0 Å². The number of esters is 2. The molecule has 0 aliphatic carbocycles. The van der Waals surface area contributed by atoms with E-state index in [1.807, 2.05) is 0 Å². The Balaban J connectivity index is 0.00000576. The SMILES string of the molecule is CC(C)(C)OC(=O)c1cc(C(=O)OC(C)(C)C)cc(S(=O)(=O)O)c1.[BaH2]. The topological polar surface area (TPSA) is 107 Å². The van der Waals surface area contributed by atoms with Crippen LogP contribution in [0.5, 0.6) is 0 Å². The summed E-state index contributed by atoms with van der Waals surface area (Å²) < 4.78 is 42.4. The molecule has 0 saturated carbocycles. The van der Waals surface area contributed by atoms with Crippen LogP contribution >= 0.6 is 0 Å². The molecule has 0 aliphatic heterocycles. The Kier molecular flexibility index (Phi) is 8.43. The molecule has 0 heterocycles. The van der Waals surface area contributed by atoms with Crippen molar-refractivity contribution in [2.45, 2.75) is 57.6 Å². The van der Waals surface area contributed by atoms with Gasteiger partial charge in [0, 0.05) is 0 Å². The van der Waals surface area contributed by atoms with Crippen LogP contribution in [-0.4, -0.2) is 85.0 Å². The maximum atomic E-state index is 12.1. The Morgan fingerprint density at radius 2 is 1.16 bits per heavy atom. The van der Waals surface area contributed by atoms with Gasteiger partial charge in [-0.25, -0.2) is 9.59 Å². The molecule has 0 radical (unpaired) electrons. The molecule has 1 aromatic rings. The Morgan fingerprint density at radius 3 is 1.40 bits per heavy atom. The number of carbonyl (C=O) groups excluding carboxylic acids is 2. The van der Waals surface area contributed by atoms with Gasteiger partial charge in [0.25, 0.3) is 10.1 Å². The van der Waals surface area contributed by atoms with Crippen molar-refractivity contribution in [1.29, 1.82) is 0 Å². The fourth-order valence-corrected chi connectivity index (χ4v) is 2.21. The molecule has 1 rings (SSSR count). The van der Waals surface area contributed by atoms with Gasteiger partial charge in [0.2, 0.25) is 0 Å². The zero-order chi connectivity index (χ0) is 18.9. The number of ether oxygens (including phenoxy) is 2. The fraction of sp³-hybridized carbons (Fsp3) is 0.500. The number of hydrogen-bond donors (Lipinski definition) is 1. The minimum absolute atomic E-state index is 0. The van der Waals surface area contributed by atoms with Crippen LogP contribution in [0.1, 0.15) is 62.3 Å². The molecule has 0 spiro atoms. The molecule has 138 valence electrons. The first-order valence-corrected chi connectivity index (χ1v) is 8.62. The molecule has 9 heteroatoms. The van der Waals surface area contributed by atoms with E-state index in [4.69, 9.17) is 9.47 Å². The average molecular weight is 498 g/mol. The van der Waals surface area contributed by atoms with Crippen LogP contribution in [0.15, 0.2) is 23.1 Å². The summed E-state index contributed by atoms with van der Waals surface area (Å²) in [7, 11) is -4.62. The fourth-order valence-electron chi connectivity index (χ4n) is 1.66. The minimum atomic E-state index is -4.62. The molecule has 0 aromatic heterocycles. The summed E-state index contributed by atoms with van der Waals surface area (Å²) in [5.41, 5.74) is -1.98. The van der Waals surface area contributed by atoms with Crippen molar-refractivity contribution >= 4 is 70.9 Å². The average Bonchev–Trinajstić information content (AvgIpc) is 2.33.